The smallest absolute Gasteiger partial charge is 0.361 e. The topological polar surface area (TPSA) is 122 Å². The zero-order valence-electron chi connectivity index (χ0n) is 10.9. The summed E-state index contributed by atoms with van der Waals surface area (Å²) in [7, 11) is 0. The molecule has 0 fully saturated rings. The molecule has 0 saturated heterocycles. The lowest BCUT2D eigenvalue weighted by molar-refractivity contribution is -0.552. The quantitative estimate of drug-likeness (QED) is 0.258. The molecule has 1 heterocycles. The van der Waals surface area contributed by atoms with Gasteiger partial charge in [0.1, 0.15) is 6.04 Å². The van der Waals surface area contributed by atoms with E-state index in [9.17, 15) is 0 Å². The summed E-state index contributed by atoms with van der Waals surface area (Å²) in [4.78, 5) is 8.99. The van der Waals surface area contributed by atoms with E-state index in [4.69, 9.17) is 17.2 Å². The molecule has 6 heteroatoms. The number of fused-ring (bicyclic) bond motifs is 1. The van der Waals surface area contributed by atoms with E-state index in [1.807, 2.05) is 25.3 Å². The van der Waals surface area contributed by atoms with Gasteiger partial charge in [0.2, 0.25) is 0 Å². The third-order valence-electron chi connectivity index (χ3n) is 2.88. The van der Waals surface area contributed by atoms with Crippen molar-refractivity contribution in [2.24, 2.45) is 17.2 Å². The fraction of sp³-hybridized carbons (Fsp3) is 0.231. The number of hydrogen-bond donors (Lipinski definition) is 6. The van der Waals surface area contributed by atoms with Crippen molar-refractivity contribution in [2.45, 2.75) is 19.4 Å². The van der Waals surface area contributed by atoms with Crippen molar-refractivity contribution in [1.82, 2.24) is 4.98 Å². The van der Waals surface area contributed by atoms with Crippen molar-refractivity contribution in [3.05, 3.63) is 36.0 Å². The number of guanidine groups is 2. The molecule has 0 bridgehead atoms. The van der Waals surface area contributed by atoms with Crippen LogP contribution in [-0.4, -0.2) is 22.9 Å². The van der Waals surface area contributed by atoms with E-state index in [-0.39, 0.29) is 12.0 Å². The van der Waals surface area contributed by atoms with Crippen LogP contribution in [0.3, 0.4) is 0 Å². The Morgan fingerprint density at radius 2 is 2.00 bits per heavy atom. The first-order chi connectivity index (χ1) is 9.06. The number of H-pyrrole nitrogens is 1. The monoisotopic (exact) mass is 260 g/mol. The Hall–Kier alpha value is -2.50. The van der Waals surface area contributed by atoms with Crippen LogP contribution in [0, 0.1) is 0 Å². The summed E-state index contributed by atoms with van der Waals surface area (Å²) in [5, 5.41) is 1.23. The summed E-state index contributed by atoms with van der Waals surface area (Å²) in [6.07, 6.45) is 2.87. The SMILES string of the molecule is C[C@@H](Cc1c[nH]c2ccccc12)[NH+]=C(N)[NH+]=C(N)N. The van der Waals surface area contributed by atoms with E-state index in [2.05, 4.69) is 27.1 Å². The van der Waals surface area contributed by atoms with Crippen LogP contribution in [0.2, 0.25) is 0 Å². The second-order valence-corrected chi connectivity index (χ2v) is 4.60. The zero-order valence-corrected chi connectivity index (χ0v) is 10.9. The minimum atomic E-state index is 0.0734. The second kappa shape index (κ2) is 5.43. The van der Waals surface area contributed by atoms with Gasteiger partial charge in [-0.2, -0.15) is 4.99 Å². The summed E-state index contributed by atoms with van der Waals surface area (Å²) >= 11 is 0. The van der Waals surface area contributed by atoms with Crippen molar-refractivity contribution in [2.75, 3.05) is 0 Å². The van der Waals surface area contributed by atoms with Crippen LogP contribution in [0.4, 0.5) is 0 Å². The van der Waals surface area contributed by atoms with Gasteiger partial charge in [0.15, 0.2) is 0 Å². The van der Waals surface area contributed by atoms with Gasteiger partial charge >= 0.3 is 5.96 Å². The highest BCUT2D eigenvalue weighted by atomic mass is 15.1. The highest BCUT2D eigenvalue weighted by Gasteiger charge is 2.12. The molecule has 1 atom stereocenters. The van der Waals surface area contributed by atoms with Crippen molar-refractivity contribution in [3.63, 3.8) is 0 Å². The molecule has 6 nitrogen and oxygen atoms in total. The Labute approximate surface area is 111 Å². The summed E-state index contributed by atoms with van der Waals surface area (Å²) in [6.45, 7) is 2.04. The van der Waals surface area contributed by atoms with Gasteiger partial charge in [-0.15, -0.1) is 4.99 Å². The predicted octanol–water partition coefficient (Wildman–Crippen LogP) is -3.15. The van der Waals surface area contributed by atoms with E-state index in [0.717, 1.165) is 11.9 Å². The van der Waals surface area contributed by atoms with Crippen LogP contribution in [0.5, 0.6) is 0 Å². The van der Waals surface area contributed by atoms with E-state index < -0.39 is 0 Å². The molecular weight excluding hydrogens is 240 g/mol. The van der Waals surface area contributed by atoms with Crippen LogP contribution in [0.15, 0.2) is 30.5 Å². The molecule has 0 spiro atoms. The average Bonchev–Trinajstić information content (AvgIpc) is 2.71. The van der Waals surface area contributed by atoms with Crippen molar-refractivity contribution in [1.29, 1.82) is 0 Å². The predicted molar refractivity (Wildman–Crippen MR) is 76.0 cm³/mol. The minimum absolute atomic E-state index is 0.0734. The number of aromatic nitrogens is 1. The van der Waals surface area contributed by atoms with Gasteiger partial charge in [-0.3, -0.25) is 0 Å². The molecule has 1 aromatic heterocycles. The summed E-state index contributed by atoms with van der Waals surface area (Å²) < 4.78 is 0. The molecule has 0 radical (unpaired) electrons. The van der Waals surface area contributed by atoms with Gasteiger partial charge in [-0.25, -0.2) is 5.73 Å². The summed E-state index contributed by atoms with van der Waals surface area (Å²) in [6, 6.07) is 8.36. The van der Waals surface area contributed by atoms with Gasteiger partial charge in [0.25, 0.3) is 5.96 Å². The first-order valence-electron chi connectivity index (χ1n) is 6.15. The lowest BCUT2D eigenvalue weighted by Gasteiger charge is -2.01. The van der Waals surface area contributed by atoms with Crippen molar-refractivity contribution in [3.8, 4) is 0 Å². The number of rotatable bonds is 3. The largest absolute Gasteiger partial charge is 0.517 e. The minimum Gasteiger partial charge on any atom is -0.361 e. The molecule has 0 aliphatic rings. The Morgan fingerprint density at radius 3 is 2.74 bits per heavy atom. The lowest BCUT2D eigenvalue weighted by atomic mass is 10.1. The molecule has 1 aromatic carbocycles. The van der Waals surface area contributed by atoms with Crippen molar-refractivity contribution < 1.29 is 9.98 Å². The molecule has 0 aliphatic heterocycles. The zero-order chi connectivity index (χ0) is 13.8. The molecule has 0 aliphatic carbocycles. The number of hydrogen-bond acceptors (Lipinski definition) is 0. The Bertz CT molecular complexity index is 621. The summed E-state index contributed by atoms with van der Waals surface area (Å²) in [5.41, 5.74) is 18.7. The van der Waals surface area contributed by atoms with Crippen LogP contribution in [0.25, 0.3) is 10.9 Å². The molecule has 100 valence electrons. The number of nitrogens with one attached hydrogen (secondary N) is 3. The van der Waals surface area contributed by atoms with E-state index in [1.165, 1.54) is 10.9 Å². The first-order valence-corrected chi connectivity index (χ1v) is 6.15. The number of nitrogens with two attached hydrogens (primary N) is 3. The highest BCUT2D eigenvalue weighted by molar-refractivity contribution is 5.83. The molecule has 0 amide bonds. The second-order valence-electron chi connectivity index (χ2n) is 4.60. The first kappa shape index (κ1) is 12.9. The molecule has 19 heavy (non-hydrogen) atoms. The highest BCUT2D eigenvalue weighted by Crippen LogP contribution is 2.18. The normalized spacial score (nSPS) is 13.4. The third-order valence-corrected chi connectivity index (χ3v) is 2.88. The number of aromatic amines is 1. The number of para-hydroxylation sites is 1. The standard InChI is InChI=1S/C13H18N6/c1-8(18-13(16)19-12(14)15)6-9-7-17-11-5-3-2-4-10(9)11/h2-5,7-8,17H,6H2,1H3,(H6,14,15,16,18,19)/p+2/t8-/m0/s1. The van der Waals surface area contributed by atoms with Crippen LogP contribution >= 0.6 is 0 Å². The third kappa shape index (κ3) is 3.25. The van der Waals surface area contributed by atoms with Crippen LogP contribution in [-0.2, 0) is 6.42 Å². The maximum Gasteiger partial charge on any atom is 0.517 e. The van der Waals surface area contributed by atoms with Crippen LogP contribution < -0.4 is 27.2 Å². The maximum atomic E-state index is 5.72. The van der Waals surface area contributed by atoms with E-state index >= 15 is 0 Å². The van der Waals surface area contributed by atoms with Gasteiger partial charge in [-0.1, -0.05) is 18.2 Å². The molecule has 2 aromatic rings. The lowest BCUT2D eigenvalue weighted by Crippen LogP contribution is -2.99. The van der Waals surface area contributed by atoms with Gasteiger partial charge in [-0.05, 0) is 18.6 Å². The molecule has 0 unspecified atom stereocenters. The van der Waals surface area contributed by atoms with Gasteiger partial charge in [0.05, 0.1) is 0 Å². The Balaban J connectivity index is 2.15. The summed E-state index contributed by atoms with van der Waals surface area (Å²) in [5.74, 6) is 0.427. The van der Waals surface area contributed by atoms with Gasteiger partial charge < -0.3 is 16.5 Å². The molecule has 9 N–H and O–H groups in total. The fourth-order valence-corrected chi connectivity index (χ4v) is 2.14. The average molecular weight is 260 g/mol. The number of benzene rings is 1. The molecule has 0 saturated carbocycles. The molecular formula is C13H20N6+2. The van der Waals surface area contributed by atoms with E-state index in [1.54, 1.807) is 0 Å². The maximum absolute atomic E-state index is 5.72. The Morgan fingerprint density at radius 1 is 1.26 bits per heavy atom. The van der Waals surface area contributed by atoms with Crippen molar-refractivity contribution >= 4 is 22.8 Å². The van der Waals surface area contributed by atoms with Crippen LogP contribution in [0.1, 0.15) is 12.5 Å². The van der Waals surface area contributed by atoms with E-state index in [0.29, 0.717) is 5.96 Å². The van der Waals surface area contributed by atoms with Gasteiger partial charge in [0, 0.05) is 23.5 Å². The fourth-order valence-electron chi connectivity index (χ4n) is 2.14. The molecule has 2 rings (SSSR count). The Kier molecular flexibility index (Phi) is 3.70.